The molecule has 1 unspecified atom stereocenters. The monoisotopic (exact) mass is 444 g/mol. The summed E-state index contributed by atoms with van der Waals surface area (Å²) in [4.78, 5) is 24.8. The first-order valence-electron chi connectivity index (χ1n) is 8.93. The molecule has 9 heteroatoms. The van der Waals surface area contributed by atoms with Gasteiger partial charge in [-0.1, -0.05) is 30.7 Å². The zero-order chi connectivity index (χ0) is 20.4. The fourth-order valence-electron chi connectivity index (χ4n) is 2.89. The quantitative estimate of drug-likeness (QED) is 0.307. The highest BCUT2D eigenvalue weighted by Crippen LogP contribution is 2.28. The van der Waals surface area contributed by atoms with Crippen molar-refractivity contribution in [2.24, 2.45) is 0 Å². The molecule has 0 fully saturated rings. The van der Waals surface area contributed by atoms with E-state index < -0.39 is 11.4 Å². The molecule has 3 heterocycles. The molecule has 3 aromatic heterocycles. The predicted octanol–water partition coefficient (Wildman–Crippen LogP) is 5.06. The van der Waals surface area contributed by atoms with E-state index in [4.69, 9.17) is 11.6 Å². The predicted molar refractivity (Wildman–Crippen MR) is 119 cm³/mol. The van der Waals surface area contributed by atoms with Crippen molar-refractivity contribution in [3.8, 4) is 11.1 Å². The van der Waals surface area contributed by atoms with Crippen LogP contribution in [-0.2, 0) is 11.4 Å². The molecule has 0 spiro atoms. The molecule has 148 valence electrons. The van der Waals surface area contributed by atoms with Gasteiger partial charge in [-0.3, -0.25) is 4.79 Å². The number of hydrogen-bond donors (Lipinski definition) is 2. The van der Waals surface area contributed by atoms with Crippen molar-refractivity contribution in [1.29, 1.82) is 0 Å². The van der Waals surface area contributed by atoms with Crippen molar-refractivity contribution >= 4 is 56.2 Å². The van der Waals surface area contributed by atoms with Crippen molar-refractivity contribution < 1.29 is 9.35 Å². The second kappa shape index (κ2) is 8.54. The standard InChI is InChI=1S/C20H17ClN4O2S2/c1-2-7-29(27)25-20-24-17(11-28-20)18(26)16-10-23-19-15(16)8-13(9-22-19)12-3-5-14(21)6-4-12/h3-6,8-11H,2,7H2,1H3,(H,22,23)(H,24,25). The number of anilines is 1. The zero-order valence-electron chi connectivity index (χ0n) is 15.4. The van der Waals surface area contributed by atoms with Crippen LogP contribution >= 0.6 is 22.9 Å². The summed E-state index contributed by atoms with van der Waals surface area (Å²) in [7, 11) is 0. The summed E-state index contributed by atoms with van der Waals surface area (Å²) >= 11 is 6.03. The average Bonchev–Trinajstić information content (AvgIpc) is 3.35. The van der Waals surface area contributed by atoms with Crippen LogP contribution in [0.15, 0.2) is 48.1 Å². The van der Waals surface area contributed by atoms with Crippen LogP contribution in [0.1, 0.15) is 29.4 Å². The molecule has 1 aromatic carbocycles. The fourth-order valence-corrected chi connectivity index (χ4v) is 4.73. The van der Waals surface area contributed by atoms with Gasteiger partial charge in [-0.05, 0) is 30.2 Å². The molecule has 0 aliphatic heterocycles. The normalized spacial score (nSPS) is 12.2. The van der Waals surface area contributed by atoms with Crippen LogP contribution in [0.4, 0.5) is 5.13 Å². The average molecular weight is 445 g/mol. The topological polar surface area (TPSA) is 93.7 Å². The second-order valence-electron chi connectivity index (χ2n) is 6.35. The Balaban J connectivity index is 1.63. The van der Waals surface area contributed by atoms with E-state index in [1.165, 1.54) is 11.3 Å². The Morgan fingerprint density at radius 3 is 2.86 bits per heavy atom. The highest BCUT2D eigenvalue weighted by molar-refractivity contribution is 7.92. The van der Waals surface area contributed by atoms with E-state index in [2.05, 4.69) is 19.7 Å². The lowest BCUT2D eigenvalue weighted by Crippen LogP contribution is -2.16. The maximum absolute atomic E-state index is 13.0. The maximum atomic E-state index is 13.0. The summed E-state index contributed by atoms with van der Waals surface area (Å²) in [5.41, 5.74) is 3.28. The van der Waals surface area contributed by atoms with Crippen molar-refractivity contribution in [2.45, 2.75) is 13.3 Å². The van der Waals surface area contributed by atoms with Gasteiger partial charge >= 0.3 is 0 Å². The van der Waals surface area contributed by atoms with Crippen molar-refractivity contribution in [3.05, 3.63) is 64.4 Å². The van der Waals surface area contributed by atoms with E-state index >= 15 is 0 Å². The molecule has 0 saturated carbocycles. The lowest BCUT2D eigenvalue weighted by atomic mass is 10.0. The van der Waals surface area contributed by atoms with Gasteiger partial charge in [0.15, 0.2) is 0 Å². The maximum Gasteiger partial charge on any atom is 0.226 e. The first-order valence-corrected chi connectivity index (χ1v) is 11.5. The number of carbonyl (C=O) groups is 1. The van der Waals surface area contributed by atoms with Gasteiger partial charge in [0, 0.05) is 33.7 Å². The highest BCUT2D eigenvalue weighted by atomic mass is 35.5. The Kier molecular flexibility index (Phi) is 5.86. The number of halogens is 1. The number of aromatic nitrogens is 3. The van der Waals surface area contributed by atoms with Gasteiger partial charge in [0.25, 0.3) is 0 Å². The first kappa shape index (κ1) is 19.9. The SMILES string of the molecule is CCC[S+]([O-])Nc1nc(C(=O)c2c[nH]c3ncc(-c4ccc(Cl)cc4)cc23)cs1. The molecule has 0 aliphatic carbocycles. The molecule has 4 rings (SSSR count). The Hall–Kier alpha value is -2.39. The number of carbonyl (C=O) groups excluding carboxylic acids is 1. The molecule has 4 aromatic rings. The summed E-state index contributed by atoms with van der Waals surface area (Å²) in [5.74, 6) is 0.321. The molecule has 0 radical (unpaired) electrons. The number of hydrogen-bond acceptors (Lipinski definition) is 6. The summed E-state index contributed by atoms with van der Waals surface area (Å²) < 4.78 is 14.7. The highest BCUT2D eigenvalue weighted by Gasteiger charge is 2.19. The molecule has 29 heavy (non-hydrogen) atoms. The Morgan fingerprint density at radius 1 is 1.31 bits per heavy atom. The number of benzene rings is 1. The van der Waals surface area contributed by atoms with Crippen LogP contribution in [0.2, 0.25) is 5.02 Å². The van der Waals surface area contributed by atoms with Crippen LogP contribution in [0.25, 0.3) is 22.2 Å². The molecule has 0 aliphatic rings. The van der Waals surface area contributed by atoms with Gasteiger partial charge in [0.1, 0.15) is 17.1 Å². The lowest BCUT2D eigenvalue weighted by molar-refractivity contribution is 0.103. The van der Waals surface area contributed by atoms with Crippen molar-refractivity contribution in [3.63, 3.8) is 0 Å². The summed E-state index contributed by atoms with van der Waals surface area (Å²) in [5, 5.41) is 3.52. The van der Waals surface area contributed by atoms with E-state index in [9.17, 15) is 9.35 Å². The fraction of sp³-hybridized carbons (Fsp3) is 0.150. The molecule has 0 amide bonds. The number of aromatic amines is 1. The van der Waals surface area contributed by atoms with E-state index in [1.54, 1.807) is 17.8 Å². The van der Waals surface area contributed by atoms with Gasteiger partial charge in [-0.2, -0.15) is 4.72 Å². The third kappa shape index (κ3) is 4.30. The van der Waals surface area contributed by atoms with Crippen molar-refractivity contribution in [2.75, 3.05) is 10.5 Å². The third-order valence-corrected chi connectivity index (χ3v) is 6.62. The largest absolute Gasteiger partial charge is 0.593 e. The van der Waals surface area contributed by atoms with Crippen LogP contribution in [0.5, 0.6) is 0 Å². The van der Waals surface area contributed by atoms with E-state index in [0.29, 0.717) is 32.8 Å². The molecule has 2 N–H and O–H groups in total. The van der Waals surface area contributed by atoms with Crippen LogP contribution in [0, 0.1) is 0 Å². The van der Waals surface area contributed by atoms with Gasteiger partial charge < -0.3 is 9.54 Å². The van der Waals surface area contributed by atoms with E-state index in [-0.39, 0.29) is 5.78 Å². The number of rotatable bonds is 7. The van der Waals surface area contributed by atoms with E-state index in [1.807, 2.05) is 37.3 Å². The number of H-pyrrole nitrogens is 1. The minimum atomic E-state index is -1.19. The Bertz CT molecular complexity index is 1160. The minimum absolute atomic E-state index is 0.211. The first-order chi connectivity index (χ1) is 14.0. The van der Waals surface area contributed by atoms with Crippen LogP contribution < -0.4 is 4.72 Å². The minimum Gasteiger partial charge on any atom is -0.593 e. The molecular weight excluding hydrogens is 428 g/mol. The summed E-state index contributed by atoms with van der Waals surface area (Å²) in [6.45, 7) is 1.96. The molecule has 0 bridgehead atoms. The number of nitrogens with zero attached hydrogens (tertiary/aromatic N) is 2. The smallest absolute Gasteiger partial charge is 0.226 e. The van der Waals surface area contributed by atoms with Gasteiger partial charge in [-0.25, -0.2) is 9.97 Å². The molecular formula is C20H17ClN4O2S2. The second-order valence-corrected chi connectivity index (χ2v) is 8.95. The van der Waals surface area contributed by atoms with Gasteiger partial charge in [0.05, 0.1) is 16.9 Å². The number of ketones is 1. The van der Waals surface area contributed by atoms with E-state index in [0.717, 1.165) is 22.9 Å². The number of thiazole rings is 1. The number of nitrogens with one attached hydrogen (secondary N) is 2. The van der Waals surface area contributed by atoms with Crippen molar-refractivity contribution in [1.82, 2.24) is 15.0 Å². The summed E-state index contributed by atoms with van der Waals surface area (Å²) in [6, 6.07) is 9.38. The zero-order valence-corrected chi connectivity index (χ0v) is 17.8. The number of fused-ring (bicyclic) bond motifs is 1. The Morgan fingerprint density at radius 2 is 2.10 bits per heavy atom. The van der Waals surface area contributed by atoms with Gasteiger partial charge in [-0.15, -0.1) is 11.3 Å². The van der Waals surface area contributed by atoms with Crippen LogP contribution in [-0.4, -0.2) is 31.0 Å². The Labute approximate surface area is 179 Å². The molecule has 1 atom stereocenters. The molecule has 0 saturated heterocycles. The van der Waals surface area contributed by atoms with Gasteiger partial charge in [0.2, 0.25) is 10.9 Å². The molecule has 6 nitrogen and oxygen atoms in total. The van der Waals surface area contributed by atoms with Crippen LogP contribution in [0.3, 0.4) is 0 Å². The third-order valence-electron chi connectivity index (χ3n) is 4.28. The number of pyridine rings is 1. The lowest BCUT2D eigenvalue weighted by Gasteiger charge is -2.07. The summed E-state index contributed by atoms with van der Waals surface area (Å²) in [6.07, 6.45) is 4.20.